The number of benzene rings is 1. The third kappa shape index (κ3) is 2.21. The molecule has 11 heavy (non-hydrogen) atoms. The molecule has 0 atom stereocenters. The molecule has 1 aromatic carbocycles. The number of halogens is 1. The second kappa shape index (κ2) is 4.37. The van der Waals surface area contributed by atoms with E-state index in [1.54, 1.807) is 0 Å². The quantitative estimate of drug-likeness (QED) is 0.686. The van der Waals surface area contributed by atoms with Crippen molar-refractivity contribution in [3.8, 4) is 0 Å². The lowest BCUT2D eigenvalue weighted by Crippen LogP contribution is -2.01. The van der Waals surface area contributed by atoms with Crippen molar-refractivity contribution in [1.29, 1.82) is 0 Å². The molecule has 0 aromatic heterocycles. The minimum Gasteiger partial charge on any atom is -0.229 e. The van der Waals surface area contributed by atoms with E-state index in [0.717, 1.165) is 13.0 Å². The molecule has 0 saturated carbocycles. The molecule has 0 aliphatic heterocycles. The Bertz CT molecular complexity index is 223. The van der Waals surface area contributed by atoms with Crippen molar-refractivity contribution in [1.82, 2.24) is 4.84 Å². The summed E-state index contributed by atoms with van der Waals surface area (Å²) in [4.78, 5) is 2.63. The van der Waals surface area contributed by atoms with Gasteiger partial charge in [-0.1, -0.05) is 31.2 Å². The zero-order valence-corrected chi connectivity index (χ0v) is 7.36. The van der Waals surface area contributed by atoms with E-state index in [2.05, 4.69) is 30.0 Å². The number of hydrogen-bond donors (Lipinski definition) is 1. The molecule has 0 saturated heterocycles. The fraction of sp³-hybridized carbons (Fsp3) is 0.333. The van der Waals surface area contributed by atoms with Crippen LogP contribution in [0.2, 0.25) is 0 Å². The normalized spacial score (nSPS) is 10.0. The molecule has 2 heteroatoms. The van der Waals surface area contributed by atoms with Crippen LogP contribution >= 0.6 is 11.8 Å². The van der Waals surface area contributed by atoms with Gasteiger partial charge in [0.25, 0.3) is 0 Å². The van der Waals surface area contributed by atoms with Gasteiger partial charge in [-0.2, -0.15) is 0 Å². The summed E-state index contributed by atoms with van der Waals surface area (Å²) < 4.78 is 0. The van der Waals surface area contributed by atoms with Crippen LogP contribution in [0, 0.1) is 0 Å². The van der Waals surface area contributed by atoms with E-state index in [0.29, 0.717) is 0 Å². The van der Waals surface area contributed by atoms with Crippen LogP contribution in [0.1, 0.15) is 18.1 Å². The Morgan fingerprint density at radius 1 is 1.27 bits per heavy atom. The van der Waals surface area contributed by atoms with Gasteiger partial charge >= 0.3 is 0 Å². The average molecular weight is 170 g/mol. The lowest BCUT2D eigenvalue weighted by atomic mass is 10.1. The fourth-order valence-corrected chi connectivity index (χ4v) is 1.29. The van der Waals surface area contributed by atoms with Gasteiger partial charge in [0.1, 0.15) is 0 Å². The largest absolute Gasteiger partial charge is 0.229 e. The van der Waals surface area contributed by atoms with Gasteiger partial charge in [-0.15, -0.1) is 0 Å². The Morgan fingerprint density at radius 3 is 2.45 bits per heavy atom. The minimum absolute atomic E-state index is 0.742. The van der Waals surface area contributed by atoms with Crippen LogP contribution in [-0.4, -0.2) is 0 Å². The van der Waals surface area contributed by atoms with Gasteiger partial charge in [0.2, 0.25) is 0 Å². The summed E-state index contributed by atoms with van der Waals surface area (Å²) in [7, 11) is 0. The van der Waals surface area contributed by atoms with Crippen molar-refractivity contribution in [3.63, 3.8) is 0 Å². The van der Waals surface area contributed by atoms with Gasteiger partial charge in [0.15, 0.2) is 0 Å². The topological polar surface area (TPSA) is 12.0 Å². The van der Waals surface area contributed by atoms with Gasteiger partial charge < -0.3 is 0 Å². The molecule has 0 radical (unpaired) electrons. The van der Waals surface area contributed by atoms with Crippen molar-refractivity contribution >= 4 is 11.8 Å². The van der Waals surface area contributed by atoms with E-state index in [1.165, 1.54) is 11.1 Å². The van der Waals surface area contributed by atoms with Crippen LogP contribution in [0.4, 0.5) is 0 Å². The SMILES string of the molecule is CCc1ccccc1CNCl. The maximum Gasteiger partial charge on any atom is 0.0361 e. The number of rotatable bonds is 3. The highest BCUT2D eigenvalue weighted by atomic mass is 35.5. The van der Waals surface area contributed by atoms with Crippen molar-refractivity contribution in [2.24, 2.45) is 0 Å². The number of hydrogen-bond acceptors (Lipinski definition) is 1. The summed E-state index contributed by atoms with van der Waals surface area (Å²) in [6, 6.07) is 8.30. The third-order valence-electron chi connectivity index (χ3n) is 1.76. The predicted molar refractivity (Wildman–Crippen MR) is 48.5 cm³/mol. The predicted octanol–water partition coefficient (Wildman–Crippen LogP) is 2.49. The van der Waals surface area contributed by atoms with Gasteiger partial charge in [-0.05, 0) is 29.3 Å². The third-order valence-corrected chi connectivity index (χ3v) is 1.89. The smallest absolute Gasteiger partial charge is 0.0361 e. The summed E-state index contributed by atoms with van der Waals surface area (Å²) >= 11 is 5.41. The van der Waals surface area contributed by atoms with Crippen LogP contribution in [0.15, 0.2) is 24.3 Å². The zero-order valence-electron chi connectivity index (χ0n) is 6.60. The molecular weight excluding hydrogens is 158 g/mol. The summed E-state index contributed by atoms with van der Waals surface area (Å²) in [6.45, 7) is 2.89. The van der Waals surface area contributed by atoms with Crippen molar-refractivity contribution < 1.29 is 0 Å². The molecule has 0 heterocycles. The summed E-state index contributed by atoms with van der Waals surface area (Å²) in [6.07, 6.45) is 1.06. The lowest BCUT2D eigenvalue weighted by molar-refractivity contribution is 0.930. The van der Waals surface area contributed by atoms with Crippen LogP contribution in [-0.2, 0) is 13.0 Å². The van der Waals surface area contributed by atoms with Crippen molar-refractivity contribution in [2.75, 3.05) is 0 Å². The molecule has 0 bridgehead atoms. The molecule has 0 spiro atoms. The Kier molecular flexibility index (Phi) is 3.40. The summed E-state index contributed by atoms with van der Waals surface area (Å²) in [5, 5.41) is 0. The number of nitrogens with one attached hydrogen (secondary N) is 1. The van der Waals surface area contributed by atoms with E-state index in [-0.39, 0.29) is 0 Å². The van der Waals surface area contributed by atoms with Gasteiger partial charge in [-0.3, -0.25) is 0 Å². The second-order valence-electron chi connectivity index (χ2n) is 2.43. The highest BCUT2D eigenvalue weighted by Crippen LogP contribution is 2.08. The summed E-state index contributed by atoms with van der Waals surface area (Å²) in [5.74, 6) is 0. The minimum atomic E-state index is 0.742. The zero-order chi connectivity index (χ0) is 8.10. The molecular formula is C9H12ClN. The standard InChI is InChI=1S/C9H12ClN/c1-2-8-5-3-4-6-9(8)7-11-10/h3-6,11H,2,7H2,1H3. The maximum atomic E-state index is 5.41. The first-order valence-electron chi connectivity index (χ1n) is 3.78. The molecule has 0 aliphatic rings. The van der Waals surface area contributed by atoms with Crippen LogP contribution < -0.4 is 4.84 Å². The van der Waals surface area contributed by atoms with Gasteiger partial charge in [0.05, 0.1) is 0 Å². The van der Waals surface area contributed by atoms with Crippen LogP contribution in [0.3, 0.4) is 0 Å². The molecule has 60 valence electrons. The molecule has 1 nitrogen and oxygen atoms in total. The highest BCUT2D eigenvalue weighted by Gasteiger charge is 1.96. The molecule has 0 fully saturated rings. The molecule has 1 aromatic rings. The molecule has 0 unspecified atom stereocenters. The first-order chi connectivity index (χ1) is 5.38. The van der Waals surface area contributed by atoms with E-state index in [4.69, 9.17) is 11.8 Å². The summed E-state index contributed by atoms with van der Waals surface area (Å²) in [5.41, 5.74) is 2.64. The van der Waals surface area contributed by atoms with E-state index < -0.39 is 0 Å². The van der Waals surface area contributed by atoms with Gasteiger partial charge in [0, 0.05) is 6.54 Å². The highest BCUT2D eigenvalue weighted by molar-refractivity contribution is 6.13. The Balaban J connectivity index is 2.83. The van der Waals surface area contributed by atoms with E-state index in [1.807, 2.05) is 6.07 Å². The Labute approximate surface area is 72.5 Å². The van der Waals surface area contributed by atoms with Crippen molar-refractivity contribution in [2.45, 2.75) is 19.9 Å². The maximum absolute atomic E-state index is 5.41. The second-order valence-corrected chi connectivity index (χ2v) is 2.70. The molecule has 0 amide bonds. The van der Waals surface area contributed by atoms with E-state index in [9.17, 15) is 0 Å². The first-order valence-corrected chi connectivity index (χ1v) is 4.16. The monoisotopic (exact) mass is 169 g/mol. The average Bonchev–Trinajstić information content (AvgIpc) is 2.06. The van der Waals surface area contributed by atoms with Crippen LogP contribution in [0.25, 0.3) is 0 Å². The van der Waals surface area contributed by atoms with Crippen molar-refractivity contribution in [3.05, 3.63) is 35.4 Å². The first kappa shape index (κ1) is 8.57. The lowest BCUT2D eigenvalue weighted by Gasteiger charge is -2.04. The Morgan fingerprint density at radius 2 is 1.91 bits per heavy atom. The van der Waals surface area contributed by atoms with E-state index >= 15 is 0 Å². The van der Waals surface area contributed by atoms with Crippen LogP contribution in [0.5, 0.6) is 0 Å². The fourth-order valence-electron chi connectivity index (χ4n) is 1.15. The molecule has 1 N–H and O–H groups in total. The Hall–Kier alpha value is -0.530. The number of aryl methyl sites for hydroxylation is 1. The van der Waals surface area contributed by atoms with Gasteiger partial charge in [-0.25, -0.2) is 4.84 Å². The molecule has 1 rings (SSSR count). The molecule has 0 aliphatic carbocycles.